The number of unbranched alkanes of at least 4 members (excludes halogenated alkanes) is 1. The summed E-state index contributed by atoms with van der Waals surface area (Å²) in [5.74, 6) is -0.620. The molecular weight excluding hydrogens is 244 g/mol. The lowest BCUT2D eigenvalue weighted by Crippen LogP contribution is -2.10. The molecule has 0 fully saturated rings. The maximum absolute atomic E-state index is 11.5. The lowest BCUT2D eigenvalue weighted by Gasteiger charge is -2.08. The molecule has 100 valence electrons. The number of carbonyl (C=O) groups excluding carboxylic acids is 1. The first kappa shape index (κ1) is 16.1. The van der Waals surface area contributed by atoms with Crippen LogP contribution in [-0.4, -0.2) is 31.3 Å². The first-order valence-electron chi connectivity index (χ1n) is 5.56. The summed E-state index contributed by atoms with van der Waals surface area (Å²) < 4.78 is 34.4. The molecule has 0 aliphatic heterocycles. The summed E-state index contributed by atoms with van der Waals surface area (Å²) in [5, 5.41) is 0. The van der Waals surface area contributed by atoms with Gasteiger partial charge in [-0.15, -0.1) is 0 Å². The summed E-state index contributed by atoms with van der Waals surface area (Å²) in [7, 11) is -3.91. The van der Waals surface area contributed by atoms with E-state index in [2.05, 4.69) is 0 Å². The summed E-state index contributed by atoms with van der Waals surface area (Å²) in [4.78, 5) is 11.5. The molecule has 0 bridgehead atoms. The summed E-state index contributed by atoms with van der Waals surface area (Å²) in [6.07, 6.45) is 1.32. The zero-order valence-corrected chi connectivity index (χ0v) is 11.3. The summed E-state index contributed by atoms with van der Waals surface area (Å²) in [6.45, 7) is 5.68. The van der Waals surface area contributed by atoms with E-state index in [-0.39, 0.29) is 11.7 Å². The highest BCUT2D eigenvalue weighted by Crippen LogP contribution is 2.14. The van der Waals surface area contributed by atoms with Gasteiger partial charge in [-0.2, -0.15) is 8.42 Å². The number of ether oxygens (including phenoxy) is 1. The predicted molar refractivity (Wildman–Crippen MR) is 65.3 cm³/mol. The van der Waals surface area contributed by atoms with Crippen molar-refractivity contribution in [2.75, 3.05) is 12.4 Å². The van der Waals surface area contributed by atoms with Crippen molar-refractivity contribution in [2.24, 2.45) is 0 Å². The lowest BCUT2D eigenvalue weighted by atomic mass is 10.0. The minimum absolute atomic E-state index is 0.272. The smallest absolute Gasteiger partial charge is 0.333 e. The Hall–Kier alpha value is -0.880. The van der Waals surface area contributed by atoms with Crippen molar-refractivity contribution >= 4 is 16.1 Å². The largest absolute Gasteiger partial charge is 0.463 e. The van der Waals surface area contributed by atoms with E-state index in [4.69, 9.17) is 9.29 Å². The van der Waals surface area contributed by atoms with Crippen molar-refractivity contribution < 1.29 is 22.5 Å². The highest BCUT2D eigenvalue weighted by molar-refractivity contribution is 7.85. The molecule has 17 heavy (non-hydrogen) atoms. The van der Waals surface area contributed by atoms with Gasteiger partial charge in [0.1, 0.15) is 0 Å². The Morgan fingerprint density at radius 2 is 1.82 bits per heavy atom. The van der Waals surface area contributed by atoms with Gasteiger partial charge >= 0.3 is 5.97 Å². The second kappa shape index (κ2) is 7.45. The fourth-order valence-electron chi connectivity index (χ4n) is 1.36. The molecule has 0 spiro atoms. The lowest BCUT2D eigenvalue weighted by molar-refractivity contribution is -0.138. The molecule has 0 amide bonds. The highest BCUT2D eigenvalue weighted by Gasteiger charge is 2.12. The quantitative estimate of drug-likeness (QED) is 0.329. The van der Waals surface area contributed by atoms with Crippen LogP contribution < -0.4 is 0 Å². The van der Waals surface area contributed by atoms with E-state index < -0.39 is 10.1 Å². The van der Waals surface area contributed by atoms with Crippen molar-refractivity contribution in [1.29, 1.82) is 0 Å². The molecule has 0 saturated heterocycles. The first-order chi connectivity index (χ1) is 7.78. The van der Waals surface area contributed by atoms with E-state index in [0.717, 1.165) is 5.57 Å². The van der Waals surface area contributed by atoms with Crippen LogP contribution in [0.2, 0.25) is 0 Å². The normalized spacial score (nSPS) is 11.1. The van der Waals surface area contributed by atoms with Gasteiger partial charge in [0.05, 0.1) is 12.4 Å². The van der Waals surface area contributed by atoms with Crippen LogP contribution in [0.4, 0.5) is 0 Å². The first-order valence-corrected chi connectivity index (χ1v) is 7.17. The van der Waals surface area contributed by atoms with E-state index in [1.54, 1.807) is 6.92 Å². The van der Waals surface area contributed by atoms with Crippen molar-refractivity contribution in [3.63, 3.8) is 0 Å². The van der Waals surface area contributed by atoms with Crippen LogP contribution in [0.1, 0.15) is 40.0 Å². The summed E-state index contributed by atoms with van der Waals surface area (Å²) in [6, 6.07) is 0. The Morgan fingerprint density at radius 3 is 2.24 bits per heavy atom. The van der Waals surface area contributed by atoms with Gasteiger partial charge < -0.3 is 4.74 Å². The third kappa shape index (κ3) is 7.93. The molecule has 0 atom stereocenters. The molecule has 0 aromatic heterocycles. The number of rotatable bonds is 7. The number of esters is 1. The molecule has 0 aliphatic rings. The van der Waals surface area contributed by atoms with E-state index >= 15 is 0 Å². The molecule has 1 N–H and O–H groups in total. The maximum Gasteiger partial charge on any atom is 0.333 e. The average molecular weight is 264 g/mol. The van der Waals surface area contributed by atoms with Crippen molar-refractivity contribution in [1.82, 2.24) is 0 Å². The predicted octanol–water partition coefficient (Wildman–Crippen LogP) is 1.94. The maximum atomic E-state index is 11.5. The minimum atomic E-state index is -3.91. The van der Waals surface area contributed by atoms with Gasteiger partial charge in [-0.3, -0.25) is 4.55 Å². The van der Waals surface area contributed by atoms with Gasteiger partial charge in [-0.1, -0.05) is 5.57 Å². The number of hydrogen-bond donors (Lipinski definition) is 1. The number of carbonyl (C=O) groups is 1. The fourth-order valence-corrected chi connectivity index (χ4v) is 1.93. The fraction of sp³-hybridized carbons (Fsp3) is 0.727. The third-order valence-corrected chi connectivity index (χ3v) is 3.01. The van der Waals surface area contributed by atoms with Gasteiger partial charge in [-0.25, -0.2) is 4.79 Å². The molecule has 0 saturated carbocycles. The molecule has 5 nitrogen and oxygen atoms in total. The molecule has 0 aromatic carbocycles. The number of hydrogen-bond acceptors (Lipinski definition) is 4. The van der Waals surface area contributed by atoms with Crippen LogP contribution in [0.25, 0.3) is 0 Å². The Kier molecular flexibility index (Phi) is 7.06. The van der Waals surface area contributed by atoms with Crippen LogP contribution in [-0.2, 0) is 19.6 Å². The van der Waals surface area contributed by atoms with Gasteiger partial charge in [0.2, 0.25) is 0 Å². The van der Waals surface area contributed by atoms with Crippen LogP contribution in [0, 0.1) is 0 Å². The van der Waals surface area contributed by atoms with E-state index in [0.29, 0.717) is 31.4 Å². The average Bonchev–Trinajstić information content (AvgIpc) is 2.15. The van der Waals surface area contributed by atoms with Gasteiger partial charge in [0.25, 0.3) is 10.1 Å². The van der Waals surface area contributed by atoms with Crippen LogP contribution in [0.5, 0.6) is 0 Å². The van der Waals surface area contributed by atoms with Crippen LogP contribution >= 0.6 is 0 Å². The van der Waals surface area contributed by atoms with Crippen molar-refractivity contribution in [2.45, 2.75) is 40.0 Å². The van der Waals surface area contributed by atoms with Crippen LogP contribution in [0.15, 0.2) is 11.1 Å². The van der Waals surface area contributed by atoms with E-state index in [1.165, 1.54) is 0 Å². The topological polar surface area (TPSA) is 80.7 Å². The molecular formula is C11H20O5S. The monoisotopic (exact) mass is 264 g/mol. The Morgan fingerprint density at radius 1 is 1.24 bits per heavy atom. The highest BCUT2D eigenvalue weighted by atomic mass is 32.2. The SMILES string of the molecule is CCOC(=O)C(CCCCS(=O)(=O)O)=C(C)C. The number of allylic oxidation sites excluding steroid dienone is 1. The molecule has 6 heteroatoms. The molecule has 0 aromatic rings. The molecule has 0 unspecified atom stereocenters. The Labute approximate surface area is 103 Å². The van der Waals surface area contributed by atoms with Crippen LogP contribution in [0.3, 0.4) is 0 Å². The Balaban J connectivity index is 4.23. The zero-order chi connectivity index (χ0) is 13.5. The summed E-state index contributed by atoms with van der Waals surface area (Å²) >= 11 is 0. The van der Waals surface area contributed by atoms with E-state index in [1.807, 2.05) is 13.8 Å². The van der Waals surface area contributed by atoms with Gasteiger partial charge in [0.15, 0.2) is 0 Å². The van der Waals surface area contributed by atoms with E-state index in [9.17, 15) is 13.2 Å². The van der Waals surface area contributed by atoms with Crippen molar-refractivity contribution in [3.05, 3.63) is 11.1 Å². The Bertz CT molecular complexity index is 377. The molecule has 0 rings (SSSR count). The third-order valence-electron chi connectivity index (χ3n) is 2.20. The van der Waals surface area contributed by atoms with Crippen molar-refractivity contribution in [3.8, 4) is 0 Å². The van der Waals surface area contributed by atoms with Gasteiger partial charge in [0, 0.05) is 5.57 Å². The molecule has 0 radical (unpaired) electrons. The molecule has 0 heterocycles. The van der Waals surface area contributed by atoms with Gasteiger partial charge in [-0.05, 0) is 40.0 Å². The minimum Gasteiger partial charge on any atom is -0.463 e. The summed E-state index contributed by atoms with van der Waals surface area (Å²) in [5.41, 5.74) is 1.46. The second-order valence-corrected chi connectivity index (χ2v) is 5.51. The second-order valence-electron chi connectivity index (χ2n) is 3.94. The zero-order valence-electron chi connectivity index (χ0n) is 10.5. The molecule has 0 aliphatic carbocycles. The standard InChI is InChI=1S/C11H20O5S/c1-4-16-11(12)10(9(2)3)7-5-6-8-17(13,14)15/h4-8H2,1-3H3,(H,13,14,15).